The SMILES string of the molecule is COc1cc(NC(=S)Nc2ccccc2)ccc1Cl. The molecule has 0 unspecified atom stereocenters. The fourth-order valence-electron chi connectivity index (χ4n) is 1.55. The Labute approximate surface area is 122 Å². The van der Waals surface area contributed by atoms with Gasteiger partial charge in [-0.15, -0.1) is 0 Å². The van der Waals surface area contributed by atoms with Gasteiger partial charge >= 0.3 is 0 Å². The second kappa shape index (κ2) is 6.41. The monoisotopic (exact) mass is 292 g/mol. The van der Waals surface area contributed by atoms with Gasteiger partial charge < -0.3 is 15.4 Å². The second-order valence-electron chi connectivity index (χ2n) is 3.79. The van der Waals surface area contributed by atoms with E-state index in [0.717, 1.165) is 11.4 Å². The van der Waals surface area contributed by atoms with Crippen LogP contribution >= 0.6 is 23.8 Å². The Balaban J connectivity index is 2.03. The normalized spacial score (nSPS) is 9.79. The molecule has 2 aromatic rings. The average molecular weight is 293 g/mol. The Morgan fingerprint density at radius 3 is 2.42 bits per heavy atom. The molecule has 0 aliphatic carbocycles. The Hall–Kier alpha value is -1.78. The van der Waals surface area contributed by atoms with Crippen molar-refractivity contribution in [3.63, 3.8) is 0 Å². The maximum atomic E-state index is 5.96. The van der Waals surface area contributed by atoms with Crippen LogP contribution in [0, 0.1) is 0 Å². The number of anilines is 2. The van der Waals surface area contributed by atoms with Gasteiger partial charge in [-0.3, -0.25) is 0 Å². The summed E-state index contributed by atoms with van der Waals surface area (Å²) in [7, 11) is 1.57. The number of benzene rings is 2. The van der Waals surface area contributed by atoms with Crippen LogP contribution in [0.3, 0.4) is 0 Å². The number of rotatable bonds is 3. The highest BCUT2D eigenvalue weighted by atomic mass is 35.5. The van der Waals surface area contributed by atoms with Crippen molar-refractivity contribution < 1.29 is 4.74 Å². The van der Waals surface area contributed by atoms with Crippen molar-refractivity contribution in [3.05, 3.63) is 53.6 Å². The number of nitrogens with one attached hydrogen (secondary N) is 2. The molecule has 0 bridgehead atoms. The van der Waals surface area contributed by atoms with Gasteiger partial charge in [0.1, 0.15) is 5.75 Å². The van der Waals surface area contributed by atoms with Crippen LogP contribution < -0.4 is 15.4 Å². The summed E-state index contributed by atoms with van der Waals surface area (Å²) in [6, 6.07) is 15.1. The standard InChI is InChI=1S/C14H13ClN2OS/c1-18-13-9-11(7-8-12(13)15)17-14(19)16-10-5-3-2-4-6-10/h2-9H,1H3,(H2,16,17,19). The Morgan fingerprint density at radius 1 is 1.05 bits per heavy atom. The summed E-state index contributed by atoms with van der Waals surface area (Å²) in [4.78, 5) is 0. The third kappa shape index (κ3) is 3.84. The smallest absolute Gasteiger partial charge is 0.175 e. The molecule has 0 aliphatic heterocycles. The summed E-state index contributed by atoms with van der Waals surface area (Å²) in [5, 5.41) is 7.24. The number of hydrogen-bond donors (Lipinski definition) is 2. The second-order valence-corrected chi connectivity index (χ2v) is 4.61. The molecule has 0 heterocycles. The van der Waals surface area contributed by atoms with Gasteiger partial charge in [0.05, 0.1) is 12.1 Å². The predicted molar refractivity (Wildman–Crippen MR) is 84.3 cm³/mol. The summed E-state index contributed by atoms with van der Waals surface area (Å²) in [6.07, 6.45) is 0. The first-order chi connectivity index (χ1) is 9.19. The molecule has 0 saturated heterocycles. The molecular weight excluding hydrogens is 280 g/mol. The molecular formula is C14H13ClN2OS. The van der Waals surface area contributed by atoms with Crippen LogP contribution in [0.5, 0.6) is 5.75 Å². The first-order valence-electron chi connectivity index (χ1n) is 5.65. The van der Waals surface area contributed by atoms with E-state index in [1.807, 2.05) is 36.4 Å². The van der Waals surface area contributed by atoms with Crippen molar-refractivity contribution in [1.82, 2.24) is 0 Å². The summed E-state index contributed by atoms with van der Waals surface area (Å²) >= 11 is 11.2. The Kier molecular flexibility index (Phi) is 4.60. The van der Waals surface area contributed by atoms with E-state index in [1.54, 1.807) is 19.2 Å². The molecule has 2 N–H and O–H groups in total. The van der Waals surface area contributed by atoms with Crippen LogP contribution in [-0.4, -0.2) is 12.2 Å². The summed E-state index contributed by atoms with van der Waals surface area (Å²) < 4.78 is 5.15. The van der Waals surface area contributed by atoms with E-state index >= 15 is 0 Å². The van der Waals surface area contributed by atoms with E-state index in [2.05, 4.69) is 10.6 Å². The Morgan fingerprint density at radius 2 is 1.74 bits per heavy atom. The number of halogens is 1. The van der Waals surface area contributed by atoms with Crippen molar-refractivity contribution in [3.8, 4) is 5.75 Å². The lowest BCUT2D eigenvalue weighted by Gasteiger charge is -2.11. The van der Waals surface area contributed by atoms with Gasteiger partial charge in [0.15, 0.2) is 5.11 Å². The van der Waals surface area contributed by atoms with Crippen LogP contribution in [0.4, 0.5) is 11.4 Å². The van der Waals surface area contributed by atoms with Gasteiger partial charge in [-0.05, 0) is 36.5 Å². The minimum atomic E-state index is 0.510. The molecule has 5 heteroatoms. The zero-order valence-corrected chi connectivity index (χ0v) is 11.9. The number of thiocarbonyl (C=S) groups is 1. The molecule has 98 valence electrons. The highest BCUT2D eigenvalue weighted by Gasteiger charge is 2.03. The van der Waals surface area contributed by atoms with E-state index in [1.165, 1.54) is 0 Å². The van der Waals surface area contributed by atoms with Crippen LogP contribution in [0.25, 0.3) is 0 Å². The highest BCUT2D eigenvalue weighted by Crippen LogP contribution is 2.27. The van der Waals surface area contributed by atoms with Crippen molar-refractivity contribution >= 4 is 40.3 Å². The largest absolute Gasteiger partial charge is 0.495 e. The summed E-state index contributed by atoms with van der Waals surface area (Å²) in [5.41, 5.74) is 1.75. The number of hydrogen-bond acceptors (Lipinski definition) is 2. The lowest BCUT2D eigenvalue weighted by molar-refractivity contribution is 0.415. The molecule has 0 amide bonds. The number of ether oxygens (including phenoxy) is 1. The van der Waals surface area contributed by atoms with Crippen LogP contribution in [0.1, 0.15) is 0 Å². The van der Waals surface area contributed by atoms with Crippen LogP contribution in [-0.2, 0) is 0 Å². The minimum Gasteiger partial charge on any atom is -0.495 e. The molecule has 2 aromatic carbocycles. The van der Waals surface area contributed by atoms with Gasteiger partial charge in [0, 0.05) is 17.4 Å². The van der Waals surface area contributed by atoms with E-state index in [-0.39, 0.29) is 0 Å². The summed E-state index contributed by atoms with van der Waals surface area (Å²) in [6.45, 7) is 0. The van der Waals surface area contributed by atoms with Gasteiger partial charge in [-0.1, -0.05) is 29.8 Å². The molecule has 0 spiro atoms. The molecule has 0 fully saturated rings. The minimum absolute atomic E-state index is 0.510. The van der Waals surface area contributed by atoms with Gasteiger partial charge in [-0.2, -0.15) is 0 Å². The van der Waals surface area contributed by atoms with E-state index < -0.39 is 0 Å². The molecule has 0 aromatic heterocycles. The van der Waals surface area contributed by atoms with Gasteiger partial charge in [-0.25, -0.2) is 0 Å². The van der Waals surface area contributed by atoms with E-state index in [0.29, 0.717) is 15.9 Å². The van der Waals surface area contributed by atoms with E-state index in [9.17, 15) is 0 Å². The first-order valence-corrected chi connectivity index (χ1v) is 6.44. The molecule has 0 radical (unpaired) electrons. The number of methoxy groups -OCH3 is 1. The third-order valence-electron chi connectivity index (χ3n) is 2.44. The molecule has 2 rings (SSSR count). The van der Waals surface area contributed by atoms with Gasteiger partial charge in [0.25, 0.3) is 0 Å². The lowest BCUT2D eigenvalue weighted by Crippen LogP contribution is -2.18. The van der Waals surface area contributed by atoms with Crippen molar-refractivity contribution in [2.24, 2.45) is 0 Å². The highest BCUT2D eigenvalue weighted by molar-refractivity contribution is 7.80. The Bertz CT molecular complexity index is 575. The lowest BCUT2D eigenvalue weighted by atomic mass is 10.3. The number of para-hydroxylation sites is 1. The maximum absolute atomic E-state index is 5.96. The van der Waals surface area contributed by atoms with Crippen molar-refractivity contribution in [2.45, 2.75) is 0 Å². The first kappa shape index (κ1) is 13.6. The van der Waals surface area contributed by atoms with Crippen LogP contribution in [0.15, 0.2) is 48.5 Å². The zero-order chi connectivity index (χ0) is 13.7. The maximum Gasteiger partial charge on any atom is 0.175 e. The fraction of sp³-hybridized carbons (Fsp3) is 0.0714. The quantitative estimate of drug-likeness (QED) is 0.832. The molecule has 0 aliphatic rings. The molecule has 0 atom stereocenters. The predicted octanol–water partition coefficient (Wildman–Crippen LogP) is 4.16. The van der Waals surface area contributed by atoms with Crippen molar-refractivity contribution in [2.75, 3.05) is 17.7 Å². The van der Waals surface area contributed by atoms with Crippen LogP contribution in [0.2, 0.25) is 5.02 Å². The van der Waals surface area contributed by atoms with Crippen molar-refractivity contribution in [1.29, 1.82) is 0 Å². The molecule has 19 heavy (non-hydrogen) atoms. The average Bonchev–Trinajstić information content (AvgIpc) is 2.42. The van der Waals surface area contributed by atoms with E-state index in [4.69, 9.17) is 28.6 Å². The fourth-order valence-corrected chi connectivity index (χ4v) is 1.98. The molecule has 3 nitrogen and oxygen atoms in total. The molecule has 0 saturated carbocycles. The zero-order valence-electron chi connectivity index (χ0n) is 10.3. The summed E-state index contributed by atoms with van der Waals surface area (Å²) in [5.74, 6) is 0.606. The van der Waals surface area contributed by atoms with Gasteiger partial charge in [0.2, 0.25) is 0 Å². The topological polar surface area (TPSA) is 33.3 Å². The third-order valence-corrected chi connectivity index (χ3v) is 2.96.